The number of unbranched alkanes of at least 4 members (excludes halogenated alkanes) is 7. The normalized spacial score (nSPS) is 19.2. The maximum absolute atomic E-state index is 13.6. The summed E-state index contributed by atoms with van der Waals surface area (Å²) < 4.78 is 0. The van der Waals surface area contributed by atoms with Crippen molar-refractivity contribution in [3.05, 3.63) is 40.6 Å². The largest absolute Gasteiger partial charge is 0.396 e. The van der Waals surface area contributed by atoms with Gasteiger partial charge in [0.25, 0.3) is 11.8 Å². The van der Waals surface area contributed by atoms with E-state index in [1.165, 1.54) is 37.0 Å². The SMILES string of the molecule is CCCCCCCCCCN1C(=O)C(c2ccc(C)cc2C)=C(N2CCCC(CO)C2)C1=O. The lowest BCUT2D eigenvalue weighted by Gasteiger charge is -2.34. The van der Waals surface area contributed by atoms with Gasteiger partial charge in [0.05, 0.1) is 5.57 Å². The van der Waals surface area contributed by atoms with Crippen LogP contribution in [0, 0.1) is 19.8 Å². The third-order valence-corrected chi connectivity index (χ3v) is 7.12. The number of hydrogen-bond donors (Lipinski definition) is 1. The molecule has 1 fully saturated rings. The molecule has 0 aromatic heterocycles. The lowest BCUT2D eigenvalue weighted by molar-refractivity contribution is -0.137. The number of likely N-dealkylation sites (tertiary alicyclic amines) is 1. The average molecular weight is 455 g/mol. The molecule has 1 unspecified atom stereocenters. The number of aryl methyl sites for hydroxylation is 2. The lowest BCUT2D eigenvalue weighted by atomic mass is 9.95. The Morgan fingerprint density at radius 2 is 1.67 bits per heavy atom. The van der Waals surface area contributed by atoms with E-state index in [4.69, 9.17) is 0 Å². The Labute approximate surface area is 199 Å². The monoisotopic (exact) mass is 454 g/mol. The van der Waals surface area contributed by atoms with Gasteiger partial charge < -0.3 is 10.0 Å². The molecule has 0 saturated carbocycles. The number of carbonyl (C=O) groups is 2. The van der Waals surface area contributed by atoms with E-state index in [2.05, 4.69) is 17.9 Å². The van der Waals surface area contributed by atoms with E-state index < -0.39 is 0 Å². The molecule has 1 aromatic carbocycles. The molecule has 1 aromatic rings. The van der Waals surface area contributed by atoms with Gasteiger partial charge in [-0.3, -0.25) is 14.5 Å². The van der Waals surface area contributed by atoms with Gasteiger partial charge in [-0.15, -0.1) is 0 Å². The Balaban J connectivity index is 1.75. The molecule has 0 bridgehead atoms. The molecule has 5 nitrogen and oxygen atoms in total. The topological polar surface area (TPSA) is 60.9 Å². The number of imide groups is 1. The second-order valence-corrected chi connectivity index (χ2v) is 9.92. The summed E-state index contributed by atoms with van der Waals surface area (Å²) in [4.78, 5) is 30.7. The van der Waals surface area contributed by atoms with Gasteiger partial charge in [0.2, 0.25) is 0 Å². The summed E-state index contributed by atoms with van der Waals surface area (Å²) in [5, 5.41) is 9.71. The molecule has 1 N–H and O–H groups in total. The standard InChI is InChI=1S/C28H42N2O3/c1-4-5-6-7-8-9-10-11-17-30-27(32)25(24-15-14-21(2)18-22(24)3)26(28(30)33)29-16-12-13-23(19-29)20-31/h14-15,18,23,31H,4-13,16-17,19-20H2,1-3H3. The number of rotatable bonds is 12. The minimum atomic E-state index is -0.156. The van der Waals surface area contributed by atoms with Gasteiger partial charge in [0, 0.05) is 26.2 Å². The van der Waals surface area contributed by atoms with E-state index in [-0.39, 0.29) is 24.3 Å². The quantitative estimate of drug-likeness (QED) is 0.347. The predicted octanol–water partition coefficient (Wildman–Crippen LogP) is 5.23. The molecule has 182 valence electrons. The fourth-order valence-electron chi connectivity index (χ4n) is 5.22. The minimum Gasteiger partial charge on any atom is -0.396 e. The fraction of sp³-hybridized carbons (Fsp3) is 0.643. The third-order valence-electron chi connectivity index (χ3n) is 7.12. The van der Waals surface area contributed by atoms with Crippen molar-refractivity contribution in [2.75, 3.05) is 26.2 Å². The first-order valence-corrected chi connectivity index (χ1v) is 13.0. The van der Waals surface area contributed by atoms with Crippen LogP contribution < -0.4 is 0 Å². The summed E-state index contributed by atoms with van der Waals surface area (Å²) >= 11 is 0. The van der Waals surface area contributed by atoms with Gasteiger partial charge in [-0.2, -0.15) is 0 Å². The molecular formula is C28H42N2O3. The Kier molecular flexibility index (Phi) is 9.54. The number of aliphatic hydroxyl groups excluding tert-OH is 1. The molecule has 0 aliphatic carbocycles. The first-order chi connectivity index (χ1) is 16.0. The Morgan fingerprint density at radius 3 is 2.33 bits per heavy atom. The van der Waals surface area contributed by atoms with Gasteiger partial charge >= 0.3 is 0 Å². The Hall–Kier alpha value is -2.14. The highest BCUT2D eigenvalue weighted by atomic mass is 16.3. The zero-order valence-corrected chi connectivity index (χ0v) is 20.9. The van der Waals surface area contributed by atoms with Crippen molar-refractivity contribution in [3.63, 3.8) is 0 Å². The van der Waals surface area contributed by atoms with E-state index in [1.54, 1.807) is 0 Å². The van der Waals surface area contributed by atoms with Crippen molar-refractivity contribution >= 4 is 17.4 Å². The molecule has 0 spiro atoms. The number of nitrogens with zero attached hydrogens (tertiary/aromatic N) is 2. The van der Waals surface area contributed by atoms with Gasteiger partial charge in [0.15, 0.2) is 0 Å². The summed E-state index contributed by atoms with van der Waals surface area (Å²) in [5.74, 6) is -0.163. The van der Waals surface area contributed by atoms with E-state index in [0.717, 1.165) is 55.3 Å². The average Bonchev–Trinajstić information content (AvgIpc) is 3.05. The summed E-state index contributed by atoms with van der Waals surface area (Å²) in [6.45, 7) is 8.27. The first kappa shape index (κ1) is 25.5. The smallest absolute Gasteiger partial charge is 0.277 e. The molecular weight excluding hydrogens is 412 g/mol. The molecule has 1 saturated heterocycles. The molecule has 2 aliphatic heterocycles. The Bertz CT molecular complexity index is 861. The molecule has 2 amide bonds. The van der Waals surface area contributed by atoms with Crippen LogP contribution in [-0.4, -0.2) is 53.0 Å². The van der Waals surface area contributed by atoms with Crippen molar-refractivity contribution in [1.29, 1.82) is 0 Å². The zero-order valence-electron chi connectivity index (χ0n) is 20.9. The van der Waals surface area contributed by atoms with Crippen molar-refractivity contribution in [2.45, 2.75) is 85.0 Å². The van der Waals surface area contributed by atoms with Crippen LogP contribution in [0.2, 0.25) is 0 Å². The second kappa shape index (κ2) is 12.4. The van der Waals surface area contributed by atoms with E-state index in [1.807, 2.05) is 26.0 Å². The molecule has 0 radical (unpaired) electrons. The minimum absolute atomic E-state index is 0.118. The zero-order chi connectivity index (χ0) is 23.8. The van der Waals surface area contributed by atoms with Crippen LogP contribution >= 0.6 is 0 Å². The number of aliphatic hydroxyl groups is 1. The summed E-state index contributed by atoms with van der Waals surface area (Å²) in [6, 6.07) is 6.07. The lowest BCUT2D eigenvalue weighted by Crippen LogP contribution is -2.40. The first-order valence-electron chi connectivity index (χ1n) is 13.0. The Morgan fingerprint density at radius 1 is 0.970 bits per heavy atom. The number of benzene rings is 1. The summed E-state index contributed by atoms with van der Waals surface area (Å²) in [7, 11) is 0. The maximum atomic E-state index is 13.6. The van der Waals surface area contributed by atoms with E-state index >= 15 is 0 Å². The number of amides is 2. The van der Waals surface area contributed by atoms with Gasteiger partial charge in [-0.25, -0.2) is 0 Å². The number of hydrogen-bond acceptors (Lipinski definition) is 4. The van der Waals surface area contributed by atoms with Crippen molar-refractivity contribution < 1.29 is 14.7 Å². The number of piperidine rings is 1. The highest BCUT2D eigenvalue weighted by Crippen LogP contribution is 2.35. The van der Waals surface area contributed by atoms with Crippen LogP contribution in [0.25, 0.3) is 5.57 Å². The van der Waals surface area contributed by atoms with Crippen LogP contribution in [0.3, 0.4) is 0 Å². The van der Waals surface area contributed by atoms with Gasteiger partial charge in [-0.1, -0.05) is 75.6 Å². The highest BCUT2D eigenvalue weighted by molar-refractivity contribution is 6.35. The van der Waals surface area contributed by atoms with Crippen LogP contribution in [0.4, 0.5) is 0 Å². The van der Waals surface area contributed by atoms with E-state index in [9.17, 15) is 14.7 Å². The van der Waals surface area contributed by atoms with Gasteiger partial charge in [0.1, 0.15) is 5.70 Å². The van der Waals surface area contributed by atoms with Crippen LogP contribution in [0.5, 0.6) is 0 Å². The van der Waals surface area contributed by atoms with Crippen molar-refractivity contribution in [3.8, 4) is 0 Å². The van der Waals surface area contributed by atoms with Crippen molar-refractivity contribution in [1.82, 2.24) is 9.80 Å². The molecule has 33 heavy (non-hydrogen) atoms. The van der Waals surface area contributed by atoms with Gasteiger partial charge in [-0.05, 0) is 50.2 Å². The molecule has 2 heterocycles. The molecule has 3 rings (SSSR count). The molecule has 5 heteroatoms. The van der Waals surface area contributed by atoms with Crippen molar-refractivity contribution in [2.24, 2.45) is 5.92 Å². The predicted molar refractivity (Wildman–Crippen MR) is 134 cm³/mol. The molecule has 2 aliphatic rings. The summed E-state index contributed by atoms with van der Waals surface area (Å²) in [5.41, 5.74) is 4.12. The third kappa shape index (κ3) is 6.26. The van der Waals surface area contributed by atoms with Crippen LogP contribution in [0.1, 0.15) is 87.8 Å². The highest BCUT2D eigenvalue weighted by Gasteiger charge is 2.42. The summed E-state index contributed by atoms with van der Waals surface area (Å²) in [6.07, 6.45) is 11.3. The van der Waals surface area contributed by atoms with Crippen LogP contribution in [-0.2, 0) is 9.59 Å². The molecule has 1 atom stereocenters. The van der Waals surface area contributed by atoms with Crippen LogP contribution in [0.15, 0.2) is 23.9 Å². The maximum Gasteiger partial charge on any atom is 0.277 e. The second-order valence-electron chi connectivity index (χ2n) is 9.92. The fourth-order valence-corrected chi connectivity index (χ4v) is 5.22. The van der Waals surface area contributed by atoms with E-state index in [0.29, 0.717) is 24.4 Å². The number of carbonyl (C=O) groups excluding carboxylic acids is 2.